The normalized spacial score (nSPS) is 6.75. The van der Waals surface area contributed by atoms with Gasteiger partial charge in [0.15, 0.2) is 0 Å². The molecule has 0 aromatic carbocycles. The summed E-state index contributed by atoms with van der Waals surface area (Å²) >= 11 is 0. The van der Waals surface area contributed by atoms with Gasteiger partial charge in [-0.25, -0.2) is 4.79 Å². The molecule has 0 saturated carbocycles. The van der Waals surface area contributed by atoms with Crippen molar-refractivity contribution in [2.75, 3.05) is 7.11 Å². The molecule has 1 radical (unpaired) electrons. The third-order valence-corrected chi connectivity index (χ3v) is 0.534. The largest absolute Gasteiger partial charge is 0.466 e. The van der Waals surface area contributed by atoms with E-state index >= 15 is 0 Å². The minimum atomic E-state index is -0.347. The van der Waals surface area contributed by atoms with Crippen molar-refractivity contribution < 1.29 is 26.3 Å². The maximum absolute atomic E-state index is 10.2. The molecule has 2 nitrogen and oxygen atoms in total. The zero-order valence-corrected chi connectivity index (χ0v) is 5.90. The molecule has 8 heavy (non-hydrogen) atoms. The monoisotopic (exact) mass is 159 g/mol. The first-order valence-electron chi connectivity index (χ1n) is 1.92. The van der Waals surface area contributed by atoms with Crippen molar-refractivity contribution >= 4 is 5.97 Å². The fraction of sp³-hybridized carbons (Fsp3) is 0.400. The van der Waals surface area contributed by atoms with Crippen LogP contribution in [-0.2, 0) is 26.3 Å². The average molecular weight is 159 g/mol. The van der Waals surface area contributed by atoms with E-state index in [9.17, 15) is 4.79 Å². The first kappa shape index (κ1) is 10.7. The number of rotatable bonds is 1. The van der Waals surface area contributed by atoms with Crippen LogP contribution in [-0.4, -0.2) is 13.1 Å². The standard InChI is InChI=1S/C5H8O2.Co/c1-4(2)5(6)7-3;/h1H2,2-3H3;. The van der Waals surface area contributed by atoms with Crippen molar-refractivity contribution in [3.63, 3.8) is 0 Å². The Labute approximate surface area is 59.1 Å². The predicted octanol–water partition coefficient (Wildman–Crippen LogP) is 0.733. The molecule has 0 aliphatic heterocycles. The molecule has 0 unspecified atom stereocenters. The molecule has 0 amide bonds. The summed E-state index contributed by atoms with van der Waals surface area (Å²) in [7, 11) is 1.33. The third-order valence-electron chi connectivity index (χ3n) is 0.534. The van der Waals surface area contributed by atoms with Crippen molar-refractivity contribution in [3.05, 3.63) is 12.2 Å². The number of hydrogen-bond donors (Lipinski definition) is 0. The van der Waals surface area contributed by atoms with Gasteiger partial charge in [0.25, 0.3) is 0 Å². The van der Waals surface area contributed by atoms with Gasteiger partial charge < -0.3 is 4.74 Å². The van der Waals surface area contributed by atoms with Gasteiger partial charge in [0.2, 0.25) is 0 Å². The van der Waals surface area contributed by atoms with Crippen LogP contribution in [0.25, 0.3) is 0 Å². The van der Waals surface area contributed by atoms with Crippen LogP contribution in [0.2, 0.25) is 0 Å². The zero-order valence-electron chi connectivity index (χ0n) is 4.86. The van der Waals surface area contributed by atoms with Crippen molar-refractivity contribution in [2.24, 2.45) is 0 Å². The van der Waals surface area contributed by atoms with Gasteiger partial charge in [-0.2, -0.15) is 0 Å². The van der Waals surface area contributed by atoms with Gasteiger partial charge in [0.05, 0.1) is 7.11 Å². The van der Waals surface area contributed by atoms with Crippen LogP contribution in [0.1, 0.15) is 6.92 Å². The van der Waals surface area contributed by atoms with Crippen LogP contribution in [0.15, 0.2) is 12.2 Å². The smallest absolute Gasteiger partial charge is 0.332 e. The second-order valence-electron chi connectivity index (χ2n) is 1.27. The maximum atomic E-state index is 10.2. The number of hydrogen-bond acceptors (Lipinski definition) is 2. The molecule has 49 valence electrons. The van der Waals surface area contributed by atoms with Crippen LogP contribution in [0, 0.1) is 0 Å². The van der Waals surface area contributed by atoms with Crippen LogP contribution in [0.5, 0.6) is 0 Å². The zero-order chi connectivity index (χ0) is 5.86. The van der Waals surface area contributed by atoms with E-state index in [1.54, 1.807) is 6.92 Å². The quantitative estimate of drug-likeness (QED) is 0.416. The molecule has 3 heteroatoms. The molecular formula is C5H8CoO2. The third kappa shape index (κ3) is 3.89. The Kier molecular flexibility index (Phi) is 6.48. The second kappa shape index (κ2) is 4.87. The van der Waals surface area contributed by atoms with Crippen molar-refractivity contribution in [1.82, 2.24) is 0 Å². The van der Waals surface area contributed by atoms with Gasteiger partial charge in [-0.15, -0.1) is 0 Å². The number of ether oxygens (including phenoxy) is 1. The van der Waals surface area contributed by atoms with E-state index in [4.69, 9.17) is 0 Å². The van der Waals surface area contributed by atoms with Crippen molar-refractivity contribution in [1.29, 1.82) is 0 Å². The van der Waals surface area contributed by atoms with Gasteiger partial charge in [-0.05, 0) is 6.92 Å². The van der Waals surface area contributed by atoms with E-state index in [1.807, 2.05) is 0 Å². The summed E-state index contributed by atoms with van der Waals surface area (Å²) in [6, 6.07) is 0. The Morgan fingerprint density at radius 2 is 2.00 bits per heavy atom. The number of carbonyl (C=O) groups is 1. The first-order chi connectivity index (χ1) is 3.18. The predicted molar refractivity (Wildman–Crippen MR) is 26.8 cm³/mol. The fourth-order valence-corrected chi connectivity index (χ4v) is 0.174. The summed E-state index contributed by atoms with van der Waals surface area (Å²) in [4.78, 5) is 10.2. The van der Waals surface area contributed by atoms with Gasteiger partial charge in [-0.1, -0.05) is 6.58 Å². The molecule has 0 saturated heterocycles. The SMILES string of the molecule is C=C(C)C(=O)OC.[Co]. The molecule has 0 heterocycles. The Morgan fingerprint density at radius 3 is 2.00 bits per heavy atom. The van der Waals surface area contributed by atoms with Crippen molar-refractivity contribution in [3.8, 4) is 0 Å². The van der Waals surface area contributed by atoms with Crippen LogP contribution in [0.4, 0.5) is 0 Å². The number of methoxy groups -OCH3 is 1. The molecular weight excluding hydrogens is 151 g/mol. The summed E-state index contributed by atoms with van der Waals surface area (Å²) in [5.74, 6) is -0.347. The Morgan fingerprint density at radius 1 is 1.62 bits per heavy atom. The van der Waals surface area contributed by atoms with Crippen LogP contribution in [0.3, 0.4) is 0 Å². The summed E-state index contributed by atoms with van der Waals surface area (Å²) in [6.45, 7) is 4.95. The van der Waals surface area contributed by atoms with Crippen LogP contribution >= 0.6 is 0 Å². The Bertz CT molecular complexity index is 98.6. The molecule has 0 atom stereocenters. The first-order valence-corrected chi connectivity index (χ1v) is 1.92. The minimum absolute atomic E-state index is 0. The molecule has 0 N–H and O–H groups in total. The number of carbonyl (C=O) groups excluding carboxylic acids is 1. The van der Waals surface area contributed by atoms with E-state index < -0.39 is 0 Å². The van der Waals surface area contributed by atoms with Gasteiger partial charge in [0.1, 0.15) is 0 Å². The van der Waals surface area contributed by atoms with E-state index in [2.05, 4.69) is 11.3 Å². The van der Waals surface area contributed by atoms with E-state index in [0.717, 1.165) is 0 Å². The second-order valence-corrected chi connectivity index (χ2v) is 1.27. The fourth-order valence-electron chi connectivity index (χ4n) is 0.174. The molecule has 0 rings (SSSR count). The topological polar surface area (TPSA) is 26.3 Å². The molecule has 0 fully saturated rings. The number of esters is 1. The summed E-state index contributed by atoms with van der Waals surface area (Å²) in [6.07, 6.45) is 0. The van der Waals surface area contributed by atoms with Gasteiger partial charge in [0, 0.05) is 22.4 Å². The minimum Gasteiger partial charge on any atom is -0.466 e. The van der Waals surface area contributed by atoms with Crippen molar-refractivity contribution in [2.45, 2.75) is 6.92 Å². The maximum Gasteiger partial charge on any atom is 0.332 e. The summed E-state index contributed by atoms with van der Waals surface area (Å²) in [5, 5.41) is 0. The molecule has 0 aliphatic carbocycles. The van der Waals surface area contributed by atoms with Gasteiger partial charge in [-0.3, -0.25) is 0 Å². The van der Waals surface area contributed by atoms with Gasteiger partial charge >= 0.3 is 5.97 Å². The summed E-state index contributed by atoms with van der Waals surface area (Å²) < 4.78 is 4.27. The molecule has 0 aliphatic rings. The average Bonchev–Trinajstić information content (AvgIpc) is 1.65. The van der Waals surface area contributed by atoms with Crippen LogP contribution < -0.4 is 0 Å². The van der Waals surface area contributed by atoms with E-state index in [-0.39, 0.29) is 22.7 Å². The molecule has 0 aromatic rings. The molecule has 0 spiro atoms. The van der Waals surface area contributed by atoms with E-state index in [0.29, 0.717) is 5.57 Å². The summed E-state index contributed by atoms with van der Waals surface area (Å²) in [5.41, 5.74) is 0.433. The molecule has 0 aromatic heterocycles. The Hall–Kier alpha value is -0.284. The van der Waals surface area contributed by atoms with E-state index in [1.165, 1.54) is 7.11 Å². The Balaban J connectivity index is 0. The molecule has 0 bridgehead atoms.